The SMILES string of the molecule is CCCCC1CN=C(SCC2=CSC3=NC4CCCCC4N23)N1.Cl.Cl. The average Bonchev–Trinajstić information content (AvgIpc) is 3.26. The van der Waals surface area contributed by atoms with Crippen molar-refractivity contribution in [1.82, 2.24) is 10.2 Å². The molecule has 1 N–H and O–H groups in total. The third-order valence-corrected chi connectivity index (χ3v) is 7.03. The van der Waals surface area contributed by atoms with Gasteiger partial charge in [-0.25, -0.2) is 0 Å². The van der Waals surface area contributed by atoms with Gasteiger partial charge in [-0.2, -0.15) is 0 Å². The van der Waals surface area contributed by atoms with Crippen LogP contribution in [-0.4, -0.2) is 45.7 Å². The molecule has 3 heterocycles. The van der Waals surface area contributed by atoms with E-state index >= 15 is 0 Å². The monoisotopic (exact) mass is 422 g/mol. The summed E-state index contributed by atoms with van der Waals surface area (Å²) in [7, 11) is 0. The van der Waals surface area contributed by atoms with Crippen molar-refractivity contribution in [1.29, 1.82) is 0 Å². The number of fused-ring (bicyclic) bond motifs is 3. The van der Waals surface area contributed by atoms with Crippen LogP contribution in [0.5, 0.6) is 0 Å². The zero-order valence-corrected chi connectivity index (χ0v) is 17.9. The summed E-state index contributed by atoms with van der Waals surface area (Å²) in [5, 5.41) is 8.29. The van der Waals surface area contributed by atoms with Gasteiger partial charge in [0.05, 0.1) is 18.6 Å². The fraction of sp³-hybridized carbons (Fsp3) is 0.765. The largest absolute Gasteiger partial charge is 0.360 e. The van der Waals surface area contributed by atoms with E-state index in [1.807, 2.05) is 23.5 Å². The maximum Gasteiger partial charge on any atom is 0.168 e. The molecule has 0 saturated heterocycles. The van der Waals surface area contributed by atoms with Gasteiger partial charge < -0.3 is 10.2 Å². The maximum atomic E-state index is 4.95. The normalized spacial score (nSPS) is 29.6. The molecule has 3 unspecified atom stereocenters. The second-order valence-electron chi connectivity index (χ2n) is 6.85. The zero-order valence-electron chi connectivity index (χ0n) is 14.6. The lowest BCUT2D eigenvalue weighted by atomic mass is 9.91. The van der Waals surface area contributed by atoms with Crippen molar-refractivity contribution in [2.75, 3.05) is 12.3 Å². The molecule has 25 heavy (non-hydrogen) atoms. The molecule has 0 aromatic carbocycles. The van der Waals surface area contributed by atoms with Crippen LogP contribution in [0, 0.1) is 0 Å². The van der Waals surface area contributed by atoms with Crippen molar-refractivity contribution in [2.24, 2.45) is 9.98 Å². The Bertz CT molecular complexity index is 553. The van der Waals surface area contributed by atoms with E-state index in [0.29, 0.717) is 18.1 Å². The van der Waals surface area contributed by atoms with Crippen LogP contribution in [0.25, 0.3) is 0 Å². The molecule has 3 atom stereocenters. The molecule has 0 spiro atoms. The van der Waals surface area contributed by atoms with E-state index in [1.165, 1.54) is 55.8 Å². The summed E-state index contributed by atoms with van der Waals surface area (Å²) in [6, 6.07) is 1.76. The van der Waals surface area contributed by atoms with Crippen LogP contribution in [0.3, 0.4) is 0 Å². The average molecular weight is 423 g/mol. The highest BCUT2D eigenvalue weighted by Crippen LogP contribution is 2.41. The molecule has 3 aliphatic heterocycles. The van der Waals surface area contributed by atoms with Gasteiger partial charge in [0.15, 0.2) is 10.3 Å². The van der Waals surface area contributed by atoms with E-state index in [4.69, 9.17) is 4.99 Å². The van der Waals surface area contributed by atoms with Crippen molar-refractivity contribution in [3.05, 3.63) is 11.1 Å². The maximum absolute atomic E-state index is 4.95. The molecule has 4 aliphatic rings. The number of nitrogens with one attached hydrogen (secondary N) is 1. The number of hydrogen-bond acceptors (Lipinski definition) is 6. The molecule has 0 aromatic heterocycles. The molecule has 1 aliphatic carbocycles. The Labute approximate surface area is 172 Å². The third-order valence-electron chi connectivity index (χ3n) is 5.16. The standard InChI is InChI=1S/C17H26N4S2.2ClH/c1-2-3-6-12-9-18-16(19-12)22-10-13-11-23-17-20-14-7-4-5-8-15(14)21(13)17;;/h11-12,14-15H,2-10H2,1H3,(H,18,19);2*1H. The number of halogens is 2. The Balaban J connectivity index is 0.00000113. The number of unbranched alkanes of at least 4 members (excludes halogenated alkanes) is 1. The van der Waals surface area contributed by atoms with E-state index in [2.05, 4.69) is 27.5 Å². The summed E-state index contributed by atoms with van der Waals surface area (Å²) in [5.74, 6) is 1.02. The van der Waals surface area contributed by atoms with Crippen molar-refractivity contribution in [3.8, 4) is 0 Å². The predicted molar refractivity (Wildman–Crippen MR) is 117 cm³/mol. The molecule has 4 nitrogen and oxygen atoms in total. The molecular weight excluding hydrogens is 395 g/mol. The Morgan fingerprint density at radius 2 is 2.16 bits per heavy atom. The molecule has 0 radical (unpaired) electrons. The van der Waals surface area contributed by atoms with Gasteiger partial charge in [0, 0.05) is 17.5 Å². The van der Waals surface area contributed by atoms with Crippen LogP contribution < -0.4 is 5.32 Å². The van der Waals surface area contributed by atoms with Crippen LogP contribution in [0.2, 0.25) is 0 Å². The van der Waals surface area contributed by atoms with Gasteiger partial charge in [-0.1, -0.05) is 56.1 Å². The highest BCUT2D eigenvalue weighted by atomic mass is 35.5. The number of aliphatic imine (C=N–C) groups is 2. The summed E-state index contributed by atoms with van der Waals surface area (Å²) in [6.07, 6.45) is 9.10. The van der Waals surface area contributed by atoms with Gasteiger partial charge in [-0.05, 0) is 24.7 Å². The number of hydrogen-bond donors (Lipinski definition) is 1. The van der Waals surface area contributed by atoms with Crippen molar-refractivity contribution < 1.29 is 0 Å². The van der Waals surface area contributed by atoms with Gasteiger partial charge in [0.2, 0.25) is 0 Å². The first kappa shape index (κ1) is 21.3. The Morgan fingerprint density at radius 3 is 3.00 bits per heavy atom. The van der Waals surface area contributed by atoms with Crippen molar-refractivity contribution >= 4 is 58.7 Å². The van der Waals surface area contributed by atoms with Crippen LogP contribution in [-0.2, 0) is 0 Å². The summed E-state index contributed by atoms with van der Waals surface area (Å²) in [6.45, 7) is 3.21. The number of thioether (sulfide) groups is 2. The molecular formula is C17H28Cl2N4S2. The highest BCUT2D eigenvalue weighted by molar-refractivity contribution is 8.17. The summed E-state index contributed by atoms with van der Waals surface area (Å²) >= 11 is 3.69. The van der Waals surface area contributed by atoms with Gasteiger partial charge >= 0.3 is 0 Å². The fourth-order valence-corrected chi connectivity index (χ4v) is 5.93. The second kappa shape index (κ2) is 9.77. The summed E-state index contributed by atoms with van der Waals surface area (Å²) in [4.78, 5) is 12.2. The van der Waals surface area contributed by atoms with Gasteiger partial charge in [0.25, 0.3) is 0 Å². The first-order valence-electron chi connectivity index (χ1n) is 9.01. The molecule has 0 bridgehead atoms. The lowest BCUT2D eigenvalue weighted by molar-refractivity contribution is 0.285. The number of amidine groups is 2. The Morgan fingerprint density at radius 1 is 1.32 bits per heavy atom. The van der Waals surface area contributed by atoms with E-state index < -0.39 is 0 Å². The Hall–Kier alpha value is -0.0400. The summed E-state index contributed by atoms with van der Waals surface area (Å²) in [5.41, 5.74) is 1.44. The Kier molecular flexibility index (Phi) is 8.31. The van der Waals surface area contributed by atoms with E-state index in [-0.39, 0.29) is 24.8 Å². The predicted octanol–water partition coefficient (Wildman–Crippen LogP) is 4.65. The van der Waals surface area contributed by atoms with Gasteiger partial charge in [-0.3, -0.25) is 9.98 Å². The number of rotatable bonds is 5. The highest BCUT2D eigenvalue weighted by Gasteiger charge is 2.41. The first-order chi connectivity index (χ1) is 11.3. The molecule has 8 heteroatoms. The van der Waals surface area contributed by atoms with Gasteiger partial charge in [-0.15, -0.1) is 24.8 Å². The zero-order chi connectivity index (χ0) is 15.6. The molecule has 142 valence electrons. The van der Waals surface area contributed by atoms with Crippen LogP contribution in [0.15, 0.2) is 21.1 Å². The van der Waals surface area contributed by atoms with E-state index in [9.17, 15) is 0 Å². The molecule has 0 aromatic rings. The van der Waals surface area contributed by atoms with Crippen LogP contribution in [0.1, 0.15) is 51.9 Å². The second-order valence-corrected chi connectivity index (χ2v) is 8.65. The summed E-state index contributed by atoms with van der Waals surface area (Å²) < 4.78 is 0. The van der Waals surface area contributed by atoms with E-state index in [1.54, 1.807) is 0 Å². The quantitative estimate of drug-likeness (QED) is 0.699. The minimum absolute atomic E-state index is 0. The number of nitrogens with zero attached hydrogens (tertiary/aromatic N) is 3. The lowest BCUT2D eigenvalue weighted by Gasteiger charge is -2.31. The lowest BCUT2D eigenvalue weighted by Crippen LogP contribution is -2.39. The van der Waals surface area contributed by atoms with Gasteiger partial charge in [0.1, 0.15) is 0 Å². The topological polar surface area (TPSA) is 40.0 Å². The van der Waals surface area contributed by atoms with Crippen molar-refractivity contribution in [2.45, 2.75) is 70.0 Å². The molecule has 1 saturated carbocycles. The fourth-order valence-electron chi connectivity index (χ4n) is 3.90. The third kappa shape index (κ3) is 4.63. The minimum atomic E-state index is 0. The van der Waals surface area contributed by atoms with E-state index in [0.717, 1.165) is 17.5 Å². The smallest absolute Gasteiger partial charge is 0.168 e. The minimum Gasteiger partial charge on any atom is -0.360 e. The van der Waals surface area contributed by atoms with Crippen molar-refractivity contribution in [3.63, 3.8) is 0 Å². The first-order valence-corrected chi connectivity index (χ1v) is 10.9. The van der Waals surface area contributed by atoms with Crippen LogP contribution in [0.4, 0.5) is 0 Å². The molecule has 4 rings (SSSR count). The molecule has 1 fully saturated rings. The molecule has 0 amide bonds. The van der Waals surface area contributed by atoms with Crippen LogP contribution >= 0.6 is 48.3 Å².